The Hall–Kier alpha value is -0.660. The van der Waals surface area contributed by atoms with Crippen molar-refractivity contribution >= 4 is 28.6 Å². The first-order valence-electron chi connectivity index (χ1n) is 7.39. The SMILES string of the molecule is CC(c1ccc(I)cc1)N1CCC(OCCC(=O)O)CC1. The van der Waals surface area contributed by atoms with Crippen molar-refractivity contribution in [2.24, 2.45) is 0 Å². The predicted molar refractivity (Wildman–Crippen MR) is 90.4 cm³/mol. The molecule has 0 saturated carbocycles. The van der Waals surface area contributed by atoms with Gasteiger partial charge in [0.05, 0.1) is 19.1 Å². The van der Waals surface area contributed by atoms with E-state index in [1.165, 1.54) is 9.13 Å². The van der Waals surface area contributed by atoms with Crippen molar-refractivity contribution in [1.29, 1.82) is 0 Å². The highest BCUT2D eigenvalue weighted by Gasteiger charge is 2.23. The van der Waals surface area contributed by atoms with Crippen LogP contribution < -0.4 is 0 Å². The summed E-state index contributed by atoms with van der Waals surface area (Å²) in [4.78, 5) is 12.9. The van der Waals surface area contributed by atoms with Gasteiger partial charge in [-0.2, -0.15) is 0 Å². The smallest absolute Gasteiger partial charge is 0.305 e. The van der Waals surface area contributed by atoms with Crippen molar-refractivity contribution in [3.05, 3.63) is 33.4 Å². The average molecular weight is 403 g/mol. The average Bonchev–Trinajstić information content (AvgIpc) is 2.48. The van der Waals surface area contributed by atoms with Gasteiger partial charge in [0.1, 0.15) is 0 Å². The summed E-state index contributed by atoms with van der Waals surface area (Å²) in [7, 11) is 0. The number of hydrogen-bond donors (Lipinski definition) is 1. The molecule has 1 aliphatic heterocycles. The molecule has 1 N–H and O–H groups in total. The van der Waals surface area contributed by atoms with Crippen LogP contribution in [0.4, 0.5) is 0 Å². The quantitative estimate of drug-likeness (QED) is 0.741. The van der Waals surface area contributed by atoms with Gasteiger partial charge in [0.15, 0.2) is 0 Å². The van der Waals surface area contributed by atoms with Crippen LogP contribution in [0.3, 0.4) is 0 Å². The lowest BCUT2D eigenvalue weighted by Crippen LogP contribution is -2.38. The van der Waals surface area contributed by atoms with E-state index in [0.29, 0.717) is 12.6 Å². The van der Waals surface area contributed by atoms with Gasteiger partial charge < -0.3 is 9.84 Å². The van der Waals surface area contributed by atoms with Crippen molar-refractivity contribution in [2.75, 3.05) is 19.7 Å². The molecule has 0 amide bonds. The zero-order valence-electron chi connectivity index (χ0n) is 12.3. The van der Waals surface area contributed by atoms with Crippen LogP contribution in [-0.2, 0) is 9.53 Å². The van der Waals surface area contributed by atoms with Crippen LogP contribution in [0.2, 0.25) is 0 Å². The lowest BCUT2D eigenvalue weighted by Gasteiger charge is -2.36. The van der Waals surface area contributed by atoms with Crippen LogP contribution in [0, 0.1) is 3.57 Å². The van der Waals surface area contributed by atoms with E-state index in [0.717, 1.165) is 25.9 Å². The van der Waals surface area contributed by atoms with Crippen molar-refractivity contribution in [2.45, 2.75) is 38.3 Å². The summed E-state index contributed by atoms with van der Waals surface area (Å²) in [5, 5.41) is 8.61. The molecule has 0 bridgehead atoms. The summed E-state index contributed by atoms with van der Waals surface area (Å²) in [6.07, 6.45) is 2.27. The molecule has 1 saturated heterocycles. The zero-order chi connectivity index (χ0) is 15.2. The first kappa shape index (κ1) is 16.7. The number of piperidine rings is 1. The third-order valence-electron chi connectivity index (χ3n) is 4.05. The van der Waals surface area contributed by atoms with E-state index in [4.69, 9.17) is 9.84 Å². The van der Waals surface area contributed by atoms with E-state index >= 15 is 0 Å². The van der Waals surface area contributed by atoms with E-state index in [1.807, 2.05) is 0 Å². The number of aliphatic carboxylic acids is 1. The molecule has 21 heavy (non-hydrogen) atoms. The molecule has 5 heteroatoms. The van der Waals surface area contributed by atoms with Gasteiger partial charge in [-0.15, -0.1) is 0 Å². The number of nitrogens with zero attached hydrogens (tertiary/aromatic N) is 1. The fourth-order valence-corrected chi connectivity index (χ4v) is 3.05. The van der Waals surface area contributed by atoms with Crippen molar-refractivity contribution in [3.63, 3.8) is 0 Å². The second-order valence-corrected chi connectivity index (χ2v) is 6.72. The van der Waals surface area contributed by atoms with Gasteiger partial charge in [-0.1, -0.05) is 12.1 Å². The first-order chi connectivity index (χ1) is 10.1. The maximum absolute atomic E-state index is 10.5. The molecular weight excluding hydrogens is 381 g/mol. The molecule has 4 nitrogen and oxygen atoms in total. The second kappa shape index (κ2) is 8.10. The van der Waals surface area contributed by atoms with Crippen LogP contribution in [0.1, 0.15) is 37.8 Å². The summed E-state index contributed by atoms with van der Waals surface area (Å²) >= 11 is 2.32. The van der Waals surface area contributed by atoms with Gasteiger partial charge >= 0.3 is 5.97 Å². The Kier molecular flexibility index (Phi) is 6.44. The minimum atomic E-state index is -0.792. The topological polar surface area (TPSA) is 49.8 Å². The Morgan fingerprint density at radius 2 is 2.00 bits per heavy atom. The van der Waals surface area contributed by atoms with Crippen LogP contribution in [0.15, 0.2) is 24.3 Å². The molecule has 116 valence electrons. The number of halogens is 1. The number of ether oxygens (including phenoxy) is 1. The number of hydrogen-bond acceptors (Lipinski definition) is 3. The van der Waals surface area contributed by atoms with Gasteiger partial charge in [0.25, 0.3) is 0 Å². The standard InChI is InChI=1S/C16H22INO3/c1-12(13-2-4-14(17)5-3-13)18-9-6-15(7-10-18)21-11-8-16(19)20/h2-5,12,15H,6-11H2,1H3,(H,19,20). The molecule has 0 aromatic heterocycles. The van der Waals surface area contributed by atoms with Gasteiger partial charge in [0, 0.05) is 22.7 Å². The molecule has 1 heterocycles. The Bertz CT molecular complexity index is 455. The molecule has 0 aliphatic carbocycles. The number of benzene rings is 1. The molecule has 1 unspecified atom stereocenters. The highest BCUT2D eigenvalue weighted by atomic mass is 127. The van der Waals surface area contributed by atoms with E-state index < -0.39 is 5.97 Å². The number of carboxylic acid groups (broad SMARTS) is 1. The molecule has 1 aromatic carbocycles. The Labute approximate surface area is 139 Å². The second-order valence-electron chi connectivity index (χ2n) is 5.48. The number of rotatable bonds is 6. The minimum Gasteiger partial charge on any atom is -0.481 e. The number of likely N-dealkylation sites (tertiary alicyclic amines) is 1. The van der Waals surface area contributed by atoms with Crippen molar-refractivity contribution < 1.29 is 14.6 Å². The summed E-state index contributed by atoms with van der Waals surface area (Å²) in [5.74, 6) is -0.792. The fraction of sp³-hybridized carbons (Fsp3) is 0.562. The Morgan fingerprint density at radius 3 is 2.57 bits per heavy atom. The molecular formula is C16H22INO3. The van der Waals surface area contributed by atoms with E-state index in [9.17, 15) is 4.79 Å². The van der Waals surface area contributed by atoms with Crippen LogP contribution >= 0.6 is 22.6 Å². The highest BCUT2D eigenvalue weighted by Crippen LogP contribution is 2.25. The molecule has 1 atom stereocenters. The van der Waals surface area contributed by atoms with E-state index in [2.05, 4.69) is 58.7 Å². The van der Waals surface area contributed by atoms with Gasteiger partial charge in [-0.25, -0.2) is 0 Å². The summed E-state index contributed by atoms with van der Waals surface area (Å²) in [6.45, 7) is 4.58. The van der Waals surface area contributed by atoms with Gasteiger partial charge in [-0.05, 0) is 60.1 Å². The Morgan fingerprint density at radius 1 is 1.38 bits per heavy atom. The predicted octanol–water partition coefficient (Wildman–Crippen LogP) is 3.31. The molecule has 1 aromatic rings. The fourth-order valence-electron chi connectivity index (χ4n) is 2.69. The summed E-state index contributed by atoms with van der Waals surface area (Å²) < 4.78 is 6.89. The normalized spacial score (nSPS) is 18.6. The van der Waals surface area contributed by atoms with Gasteiger partial charge in [-0.3, -0.25) is 9.69 Å². The van der Waals surface area contributed by atoms with Crippen molar-refractivity contribution in [1.82, 2.24) is 4.90 Å². The maximum Gasteiger partial charge on any atom is 0.305 e. The largest absolute Gasteiger partial charge is 0.481 e. The summed E-state index contributed by atoms with van der Waals surface area (Å²) in [5.41, 5.74) is 1.35. The third-order valence-corrected chi connectivity index (χ3v) is 4.77. The molecule has 2 rings (SSSR count). The lowest BCUT2D eigenvalue weighted by molar-refractivity contribution is -0.138. The summed E-state index contributed by atoms with van der Waals surface area (Å²) in [6, 6.07) is 9.11. The van der Waals surface area contributed by atoms with E-state index in [1.54, 1.807) is 0 Å². The van der Waals surface area contributed by atoms with Crippen LogP contribution in [-0.4, -0.2) is 41.8 Å². The number of carbonyl (C=O) groups is 1. The first-order valence-corrected chi connectivity index (χ1v) is 8.47. The van der Waals surface area contributed by atoms with Crippen LogP contribution in [0.5, 0.6) is 0 Å². The van der Waals surface area contributed by atoms with E-state index in [-0.39, 0.29) is 12.5 Å². The maximum atomic E-state index is 10.5. The lowest BCUT2D eigenvalue weighted by atomic mass is 10.0. The van der Waals surface area contributed by atoms with Crippen molar-refractivity contribution in [3.8, 4) is 0 Å². The molecule has 1 aliphatic rings. The highest BCUT2D eigenvalue weighted by molar-refractivity contribution is 14.1. The molecule has 0 spiro atoms. The number of carboxylic acids is 1. The zero-order valence-corrected chi connectivity index (χ0v) is 14.5. The third kappa shape index (κ3) is 5.23. The minimum absolute atomic E-state index is 0.0965. The Balaban J connectivity index is 1.77. The van der Waals surface area contributed by atoms with Crippen LogP contribution in [0.25, 0.3) is 0 Å². The molecule has 0 radical (unpaired) electrons. The van der Waals surface area contributed by atoms with Gasteiger partial charge in [0.2, 0.25) is 0 Å². The molecule has 1 fully saturated rings. The monoisotopic (exact) mass is 403 g/mol.